The molecular weight excluding hydrogens is 508 g/mol. The number of carbonyl (C=O) groups is 3. The molecule has 1 atom stereocenters. The molecular formula is C31H28N4O5. The van der Waals surface area contributed by atoms with Gasteiger partial charge in [-0.1, -0.05) is 36.4 Å². The van der Waals surface area contributed by atoms with Gasteiger partial charge in [-0.05, 0) is 42.0 Å². The first-order valence-corrected chi connectivity index (χ1v) is 13.1. The zero-order chi connectivity index (χ0) is 27.6. The van der Waals surface area contributed by atoms with Crippen LogP contribution in [-0.2, 0) is 14.3 Å². The average Bonchev–Trinajstić information content (AvgIpc) is 3.56. The highest BCUT2D eigenvalue weighted by Gasteiger charge is 2.29. The molecule has 1 amide bonds. The van der Waals surface area contributed by atoms with Gasteiger partial charge in [0, 0.05) is 35.9 Å². The smallest absolute Gasteiger partial charge is 0.337 e. The molecule has 0 aliphatic carbocycles. The normalized spacial score (nSPS) is 17.7. The van der Waals surface area contributed by atoms with Gasteiger partial charge in [-0.15, -0.1) is 0 Å². The molecule has 1 unspecified atom stereocenters. The molecule has 0 radical (unpaired) electrons. The Labute approximate surface area is 230 Å². The first-order valence-electron chi connectivity index (χ1n) is 13.1. The first kappa shape index (κ1) is 25.5. The summed E-state index contributed by atoms with van der Waals surface area (Å²) in [6, 6.07) is 22.3. The van der Waals surface area contributed by atoms with Crippen LogP contribution >= 0.6 is 0 Å². The topological polar surface area (TPSA) is 111 Å². The third-order valence-electron chi connectivity index (χ3n) is 7.13. The Kier molecular flexibility index (Phi) is 6.90. The standard InChI is InChI=1S/C31H28N4O5/c1-39-31(38)21-7-9-24-25(16-21)34-30(37)28(24)29(19-5-3-2-4-6-19)33-22-8-10-26-20(15-22)11-13-35(26)27(36)17-23-18-32-12-14-40-23/h2-11,13,15-16,23,32-33H,12,14,17-18H2,1H3,(H,34,37)/b29-28-. The second kappa shape index (κ2) is 10.8. The molecule has 3 aromatic carbocycles. The van der Waals surface area contributed by atoms with Crippen LogP contribution < -0.4 is 16.0 Å². The summed E-state index contributed by atoms with van der Waals surface area (Å²) in [7, 11) is 1.32. The monoisotopic (exact) mass is 536 g/mol. The van der Waals surface area contributed by atoms with E-state index in [9.17, 15) is 14.4 Å². The van der Waals surface area contributed by atoms with Crippen LogP contribution in [0.15, 0.2) is 79.0 Å². The van der Waals surface area contributed by atoms with E-state index in [0.717, 1.165) is 28.7 Å². The van der Waals surface area contributed by atoms with E-state index in [-0.39, 0.29) is 17.9 Å². The van der Waals surface area contributed by atoms with Crippen molar-refractivity contribution in [1.82, 2.24) is 9.88 Å². The van der Waals surface area contributed by atoms with Crippen LogP contribution in [0, 0.1) is 0 Å². The summed E-state index contributed by atoms with van der Waals surface area (Å²) in [6.45, 7) is 2.07. The number of methoxy groups -OCH3 is 1. The summed E-state index contributed by atoms with van der Waals surface area (Å²) < 4.78 is 12.2. The van der Waals surface area contributed by atoms with Crippen LogP contribution in [0.1, 0.15) is 32.7 Å². The summed E-state index contributed by atoms with van der Waals surface area (Å²) >= 11 is 0. The minimum absolute atomic E-state index is 0.0259. The lowest BCUT2D eigenvalue weighted by atomic mass is 9.99. The Morgan fingerprint density at radius 1 is 1.05 bits per heavy atom. The molecule has 202 valence electrons. The highest BCUT2D eigenvalue weighted by molar-refractivity contribution is 6.37. The Hall–Kier alpha value is -4.73. The number of fused-ring (bicyclic) bond motifs is 2. The molecule has 1 saturated heterocycles. The number of ether oxygens (including phenoxy) is 2. The maximum Gasteiger partial charge on any atom is 0.337 e. The SMILES string of the molecule is COC(=O)c1ccc2c(c1)NC(=O)/C2=C(\Nc1ccc2c(ccn2C(=O)CC2CNCCO2)c1)c1ccccc1. The lowest BCUT2D eigenvalue weighted by molar-refractivity contribution is -0.110. The van der Waals surface area contributed by atoms with Gasteiger partial charge in [0.25, 0.3) is 5.91 Å². The summed E-state index contributed by atoms with van der Waals surface area (Å²) in [5, 5.41) is 10.5. The quantitative estimate of drug-likeness (QED) is 0.248. The van der Waals surface area contributed by atoms with Gasteiger partial charge in [0.1, 0.15) is 0 Å². The molecule has 2 aliphatic rings. The third kappa shape index (κ3) is 4.88. The number of hydrogen-bond acceptors (Lipinski definition) is 7. The largest absolute Gasteiger partial charge is 0.465 e. The van der Waals surface area contributed by atoms with Gasteiger partial charge in [-0.3, -0.25) is 14.2 Å². The molecule has 0 bridgehead atoms. The minimum atomic E-state index is -0.474. The third-order valence-corrected chi connectivity index (χ3v) is 7.13. The number of amides is 1. The van der Waals surface area contributed by atoms with Gasteiger partial charge in [0.2, 0.25) is 5.91 Å². The van der Waals surface area contributed by atoms with Gasteiger partial charge in [-0.25, -0.2) is 4.79 Å². The van der Waals surface area contributed by atoms with E-state index < -0.39 is 5.97 Å². The van der Waals surface area contributed by atoms with Crippen LogP contribution in [0.2, 0.25) is 0 Å². The van der Waals surface area contributed by atoms with Crippen molar-refractivity contribution in [1.29, 1.82) is 0 Å². The van der Waals surface area contributed by atoms with Crippen molar-refractivity contribution in [3.05, 3.63) is 95.7 Å². The summed E-state index contributed by atoms with van der Waals surface area (Å²) in [4.78, 5) is 38.3. The van der Waals surface area contributed by atoms with Gasteiger partial charge < -0.3 is 25.4 Å². The molecule has 0 spiro atoms. The van der Waals surface area contributed by atoms with Gasteiger partial charge in [0.05, 0.1) is 54.3 Å². The van der Waals surface area contributed by atoms with Gasteiger partial charge in [0.15, 0.2) is 0 Å². The molecule has 6 rings (SSSR count). The Bertz CT molecular complexity index is 1650. The maximum atomic E-state index is 13.3. The number of carbonyl (C=O) groups excluding carboxylic acids is 3. The molecule has 1 fully saturated rings. The Morgan fingerprint density at radius 3 is 2.67 bits per heavy atom. The van der Waals surface area contributed by atoms with Crippen molar-refractivity contribution >= 4 is 51.3 Å². The molecule has 3 heterocycles. The lowest BCUT2D eigenvalue weighted by Gasteiger charge is -2.23. The Morgan fingerprint density at radius 2 is 1.90 bits per heavy atom. The fraction of sp³-hybridized carbons (Fsp3) is 0.194. The first-order chi connectivity index (χ1) is 19.5. The van der Waals surface area contributed by atoms with Crippen molar-refractivity contribution in [2.75, 3.05) is 37.4 Å². The van der Waals surface area contributed by atoms with E-state index in [1.165, 1.54) is 7.11 Å². The zero-order valence-corrected chi connectivity index (χ0v) is 21.9. The lowest BCUT2D eigenvalue weighted by Crippen LogP contribution is -2.40. The fourth-order valence-electron chi connectivity index (χ4n) is 5.18. The second-order valence-corrected chi connectivity index (χ2v) is 9.70. The van der Waals surface area contributed by atoms with Crippen LogP contribution in [0.5, 0.6) is 0 Å². The molecule has 3 N–H and O–H groups in total. The van der Waals surface area contributed by atoms with E-state index in [0.29, 0.717) is 47.7 Å². The van der Waals surface area contributed by atoms with Crippen LogP contribution in [0.25, 0.3) is 22.2 Å². The van der Waals surface area contributed by atoms with Crippen molar-refractivity contribution in [2.45, 2.75) is 12.5 Å². The average molecular weight is 537 g/mol. The predicted octanol–water partition coefficient (Wildman–Crippen LogP) is 4.38. The molecule has 40 heavy (non-hydrogen) atoms. The number of nitrogens with one attached hydrogen (secondary N) is 3. The van der Waals surface area contributed by atoms with Crippen LogP contribution in [-0.4, -0.2) is 55.3 Å². The number of rotatable bonds is 6. The number of anilines is 2. The number of esters is 1. The van der Waals surface area contributed by atoms with Crippen molar-refractivity contribution in [3.8, 4) is 0 Å². The van der Waals surface area contributed by atoms with Crippen LogP contribution in [0.4, 0.5) is 11.4 Å². The predicted molar refractivity (Wildman–Crippen MR) is 153 cm³/mol. The number of morpholine rings is 1. The van der Waals surface area contributed by atoms with E-state index >= 15 is 0 Å². The molecule has 1 aromatic heterocycles. The van der Waals surface area contributed by atoms with Crippen molar-refractivity contribution in [3.63, 3.8) is 0 Å². The molecule has 0 saturated carbocycles. The highest BCUT2D eigenvalue weighted by atomic mass is 16.5. The highest BCUT2D eigenvalue weighted by Crippen LogP contribution is 2.38. The van der Waals surface area contributed by atoms with Crippen LogP contribution in [0.3, 0.4) is 0 Å². The number of nitrogens with zero attached hydrogens (tertiary/aromatic N) is 1. The van der Waals surface area contributed by atoms with E-state index in [4.69, 9.17) is 9.47 Å². The number of hydrogen-bond donors (Lipinski definition) is 3. The summed E-state index contributed by atoms with van der Waals surface area (Å²) in [5.41, 5.74) is 5.05. The molecule has 4 aromatic rings. The maximum absolute atomic E-state index is 13.3. The molecule has 2 aliphatic heterocycles. The zero-order valence-electron chi connectivity index (χ0n) is 21.9. The van der Waals surface area contributed by atoms with E-state index in [1.54, 1.807) is 29.0 Å². The summed E-state index contributed by atoms with van der Waals surface area (Å²) in [6.07, 6.45) is 1.94. The molecule has 9 heteroatoms. The number of aromatic nitrogens is 1. The second-order valence-electron chi connectivity index (χ2n) is 9.70. The summed E-state index contributed by atoms with van der Waals surface area (Å²) in [5.74, 6) is -0.778. The molecule has 9 nitrogen and oxygen atoms in total. The van der Waals surface area contributed by atoms with Crippen molar-refractivity contribution in [2.24, 2.45) is 0 Å². The Balaban J connectivity index is 1.35. The van der Waals surface area contributed by atoms with Gasteiger partial charge in [-0.2, -0.15) is 0 Å². The number of benzene rings is 3. The van der Waals surface area contributed by atoms with E-state index in [1.807, 2.05) is 54.6 Å². The van der Waals surface area contributed by atoms with Crippen molar-refractivity contribution < 1.29 is 23.9 Å². The van der Waals surface area contributed by atoms with E-state index in [2.05, 4.69) is 16.0 Å². The van der Waals surface area contributed by atoms with Gasteiger partial charge >= 0.3 is 5.97 Å². The minimum Gasteiger partial charge on any atom is -0.465 e. The fourth-order valence-corrected chi connectivity index (χ4v) is 5.18.